The molecule has 8 heteroatoms. The summed E-state index contributed by atoms with van der Waals surface area (Å²) in [5, 5.41) is 0. The molecule has 0 radical (unpaired) electrons. The van der Waals surface area contributed by atoms with Crippen LogP contribution in [0, 0.1) is 11.8 Å². The number of hydrogen-bond donors (Lipinski definition) is 0. The van der Waals surface area contributed by atoms with Gasteiger partial charge in [-0.2, -0.15) is 0 Å². The predicted octanol–water partition coefficient (Wildman–Crippen LogP) is 4.23. The van der Waals surface area contributed by atoms with Crippen LogP contribution in [0.3, 0.4) is 0 Å². The van der Waals surface area contributed by atoms with Crippen LogP contribution in [0.4, 0.5) is 0 Å². The fourth-order valence-electron chi connectivity index (χ4n) is 6.95. The fourth-order valence-corrected chi connectivity index (χ4v) is 6.95. The summed E-state index contributed by atoms with van der Waals surface area (Å²) < 4.78 is 10.8. The molecular formula is C29H41N3O5. The van der Waals surface area contributed by atoms with Crippen molar-refractivity contribution in [3.63, 3.8) is 0 Å². The van der Waals surface area contributed by atoms with Crippen LogP contribution in [-0.4, -0.2) is 77.9 Å². The van der Waals surface area contributed by atoms with E-state index >= 15 is 0 Å². The summed E-state index contributed by atoms with van der Waals surface area (Å²) in [4.78, 5) is 46.1. The van der Waals surface area contributed by atoms with Crippen LogP contribution < -0.4 is 0 Å². The van der Waals surface area contributed by atoms with Crippen LogP contribution >= 0.6 is 0 Å². The Bertz CT molecular complexity index is 989. The highest BCUT2D eigenvalue weighted by Crippen LogP contribution is 2.42. The quantitative estimate of drug-likeness (QED) is 0.403. The molecule has 1 aromatic heterocycles. The van der Waals surface area contributed by atoms with E-state index in [1.807, 2.05) is 4.90 Å². The van der Waals surface area contributed by atoms with Crippen molar-refractivity contribution in [2.24, 2.45) is 11.8 Å². The Morgan fingerprint density at radius 1 is 1.00 bits per heavy atom. The van der Waals surface area contributed by atoms with E-state index in [9.17, 15) is 14.4 Å². The van der Waals surface area contributed by atoms with E-state index in [0.717, 1.165) is 44.3 Å². The third-order valence-electron chi connectivity index (χ3n) is 8.83. The number of carbonyl (C=O) groups is 3. The topological polar surface area (TPSA) is 83.3 Å². The standard InChI is InChI=1S/C29H41N3O5/c1-2-36-29(35)25-26(30-16-18-31(19-17-30)27(33)24-13-8-20-37-24)22-11-6-7-12-23(22)32(28(25)34)15-14-21-9-4-3-5-10-21/h8,13,20-23H,2-7,9-12,14-19H2,1H3. The summed E-state index contributed by atoms with van der Waals surface area (Å²) in [5.74, 6) is 0.399. The first-order valence-electron chi connectivity index (χ1n) is 14.4. The average molecular weight is 512 g/mol. The van der Waals surface area contributed by atoms with E-state index in [2.05, 4.69) is 4.90 Å². The van der Waals surface area contributed by atoms with Gasteiger partial charge in [-0.05, 0) is 44.2 Å². The lowest BCUT2D eigenvalue weighted by Gasteiger charge is -2.49. The molecule has 3 heterocycles. The Labute approximate surface area is 220 Å². The molecule has 37 heavy (non-hydrogen) atoms. The number of ether oxygens (including phenoxy) is 1. The second-order valence-electron chi connectivity index (χ2n) is 11.0. The molecule has 0 aromatic carbocycles. The molecule has 0 spiro atoms. The highest BCUT2D eigenvalue weighted by atomic mass is 16.5. The van der Waals surface area contributed by atoms with Crippen molar-refractivity contribution in [1.82, 2.24) is 14.7 Å². The van der Waals surface area contributed by atoms with Crippen molar-refractivity contribution in [1.29, 1.82) is 0 Å². The normalized spacial score (nSPS) is 25.3. The molecule has 1 saturated heterocycles. The minimum absolute atomic E-state index is 0.117. The van der Waals surface area contributed by atoms with Gasteiger partial charge in [-0.25, -0.2) is 4.79 Å². The second kappa shape index (κ2) is 11.7. The number of furan rings is 1. The Balaban J connectivity index is 1.39. The van der Waals surface area contributed by atoms with Gasteiger partial charge in [0.2, 0.25) is 0 Å². The summed E-state index contributed by atoms with van der Waals surface area (Å²) in [7, 11) is 0. The molecular weight excluding hydrogens is 470 g/mol. The largest absolute Gasteiger partial charge is 0.462 e. The van der Waals surface area contributed by atoms with Crippen molar-refractivity contribution < 1.29 is 23.5 Å². The van der Waals surface area contributed by atoms with Crippen LogP contribution in [0.15, 0.2) is 34.1 Å². The molecule has 2 unspecified atom stereocenters. The zero-order valence-electron chi connectivity index (χ0n) is 22.2. The van der Waals surface area contributed by atoms with Gasteiger partial charge in [0.15, 0.2) is 5.76 Å². The SMILES string of the molecule is CCOC(=O)C1=C(N2CCN(C(=O)c3ccco3)CC2)C2CCCCC2N(CCC2CCCCC2)C1=O. The van der Waals surface area contributed by atoms with E-state index in [0.29, 0.717) is 37.9 Å². The van der Waals surface area contributed by atoms with E-state index in [4.69, 9.17) is 9.15 Å². The Kier molecular flexibility index (Phi) is 8.20. The maximum Gasteiger partial charge on any atom is 0.345 e. The van der Waals surface area contributed by atoms with E-state index in [-0.39, 0.29) is 36.0 Å². The van der Waals surface area contributed by atoms with Crippen LogP contribution in [0.2, 0.25) is 0 Å². The smallest absolute Gasteiger partial charge is 0.345 e. The zero-order chi connectivity index (χ0) is 25.8. The molecule has 5 rings (SSSR count). The minimum Gasteiger partial charge on any atom is -0.462 e. The molecule has 202 valence electrons. The number of hydrogen-bond acceptors (Lipinski definition) is 6. The first-order chi connectivity index (χ1) is 18.1. The number of amides is 2. The molecule has 2 atom stereocenters. The molecule has 2 amide bonds. The van der Waals surface area contributed by atoms with Gasteiger partial charge in [0.05, 0.1) is 12.9 Å². The molecule has 3 fully saturated rings. The molecule has 4 aliphatic rings. The zero-order valence-corrected chi connectivity index (χ0v) is 22.2. The van der Waals surface area contributed by atoms with Crippen molar-refractivity contribution in [2.75, 3.05) is 39.3 Å². The summed E-state index contributed by atoms with van der Waals surface area (Å²) in [6, 6.07) is 3.54. The summed E-state index contributed by atoms with van der Waals surface area (Å²) in [6.07, 6.45) is 13.1. The Morgan fingerprint density at radius 2 is 1.73 bits per heavy atom. The van der Waals surface area contributed by atoms with Crippen molar-refractivity contribution in [3.8, 4) is 0 Å². The van der Waals surface area contributed by atoms with E-state index in [1.165, 1.54) is 38.4 Å². The van der Waals surface area contributed by atoms with Gasteiger partial charge in [-0.15, -0.1) is 0 Å². The number of nitrogens with zero attached hydrogens (tertiary/aromatic N) is 3. The van der Waals surface area contributed by atoms with E-state index in [1.54, 1.807) is 24.0 Å². The monoisotopic (exact) mass is 511 g/mol. The number of esters is 1. The minimum atomic E-state index is -0.497. The maximum atomic E-state index is 14.0. The molecule has 0 N–H and O–H groups in total. The van der Waals surface area contributed by atoms with Gasteiger partial charge >= 0.3 is 5.97 Å². The van der Waals surface area contributed by atoms with Crippen molar-refractivity contribution >= 4 is 17.8 Å². The lowest BCUT2D eigenvalue weighted by Crippen LogP contribution is -2.57. The van der Waals surface area contributed by atoms with Gasteiger partial charge in [-0.1, -0.05) is 44.9 Å². The lowest BCUT2D eigenvalue weighted by atomic mass is 9.76. The van der Waals surface area contributed by atoms with Gasteiger partial charge < -0.3 is 23.9 Å². The summed E-state index contributed by atoms with van der Waals surface area (Å²) >= 11 is 0. The van der Waals surface area contributed by atoms with Crippen LogP contribution in [0.25, 0.3) is 0 Å². The molecule has 2 aliphatic heterocycles. The Morgan fingerprint density at radius 3 is 2.43 bits per heavy atom. The fraction of sp³-hybridized carbons (Fsp3) is 0.690. The first kappa shape index (κ1) is 25.9. The summed E-state index contributed by atoms with van der Waals surface area (Å²) in [5.41, 5.74) is 1.10. The summed E-state index contributed by atoms with van der Waals surface area (Å²) in [6.45, 7) is 4.98. The third-order valence-corrected chi connectivity index (χ3v) is 8.83. The molecule has 1 aromatic rings. The molecule has 8 nitrogen and oxygen atoms in total. The van der Waals surface area contributed by atoms with Crippen molar-refractivity contribution in [3.05, 3.63) is 35.4 Å². The molecule has 2 aliphatic carbocycles. The number of rotatable bonds is 7. The van der Waals surface area contributed by atoms with Crippen LogP contribution in [-0.2, 0) is 14.3 Å². The average Bonchev–Trinajstić information content (AvgIpc) is 3.47. The lowest BCUT2D eigenvalue weighted by molar-refractivity contribution is -0.145. The van der Waals surface area contributed by atoms with Crippen molar-refractivity contribution in [2.45, 2.75) is 77.2 Å². The maximum absolute atomic E-state index is 14.0. The van der Waals surface area contributed by atoms with Gasteiger partial charge in [0.1, 0.15) is 5.57 Å². The number of fused-ring (bicyclic) bond motifs is 1. The third kappa shape index (κ3) is 5.43. The predicted molar refractivity (Wildman–Crippen MR) is 138 cm³/mol. The van der Waals surface area contributed by atoms with Gasteiger partial charge in [0, 0.05) is 50.4 Å². The first-order valence-corrected chi connectivity index (χ1v) is 14.4. The molecule has 0 bridgehead atoms. The van der Waals surface area contributed by atoms with Gasteiger partial charge in [-0.3, -0.25) is 9.59 Å². The highest BCUT2D eigenvalue weighted by Gasteiger charge is 2.47. The highest BCUT2D eigenvalue weighted by molar-refractivity contribution is 6.17. The van der Waals surface area contributed by atoms with Gasteiger partial charge in [0.25, 0.3) is 11.8 Å². The number of piperazine rings is 1. The number of carbonyl (C=O) groups excluding carboxylic acids is 3. The van der Waals surface area contributed by atoms with Crippen LogP contribution in [0.5, 0.6) is 0 Å². The van der Waals surface area contributed by atoms with Crippen LogP contribution in [0.1, 0.15) is 81.7 Å². The van der Waals surface area contributed by atoms with E-state index < -0.39 is 5.97 Å². The molecule has 2 saturated carbocycles. The Hall–Kier alpha value is -2.77. The second-order valence-corrected chi connectivity index (χ2v) is 11.0.